The smallest absolute Gasteiger partial charge is 0.130 e. The molecule has 7 atom stereocenters. The number of hydrogen-bond donors (Lipinski definition) is 2. The molecular weight excluding hydrogens is 272 g/mol. The van der Waals surface area contributed by atoms with Crippen LogP contribution in [-0.2, 0) is 0 Å². The number of aliphatic hydroxyl groups excluding tert-OH is 1. The van der Waals surface area contributed by atoms with Gasteiger partial charge in [0.25, 0.3) is 0 Å². The largest absolute Gasteiger partial charge is 0.389 e. The van der Waals surface area contributed by atoms with Crippen LogP contribution in [0.25, 0.3) is 0 Å². The molecule has 0 heterocycles. The molecule has 0 amide bonds. The normalized spacial score (nSPS) is 53.7. The lowest BCUT2D eigenvalue weighted by atomic mass is 9.50. The molecule has 0 unspecified atom stereocenters. The topological polar surface area (TPSA) is 40.5 Å². The number of hydrogen-bond acceptors (Lipinski definition) is 2. The van der Waals surface area contributed by atoms with Gasteiger partial charge in [0.15, 0.2) is 0 Å². The summed E-state index contributed by atoms with van der Waals surface area (Å²) in [7, 11) is 0. The summed E-state index contributed by atoms with van der Waals surface area (Å²) in [6.07, 6.45) is 16.2. The minimum Gasteiger partial charge on any atom is -0.389 e. The van der Waals surface area contributed by atoms with E-state index in [2.05, 4.69) is 18.9 Å². The van der Waals surface area contributed by atoms with Crippen molar-refractivity contribution >= 4 is 0 Å². The maximum absolute atomic E-state index is 10.9. The van der Waals surface area contributed by atoms with Gasteiger partial charge in [-0.25, -0.2) is 0 Å². The van der Waals surface area contributed by atoms with Crippen LogP contribution in [0, 0.1) is 41.4 Å². The van der Waals surface area contributed by atoms with Gasteiger partial charge in [-0.05, 0) is 75.0 Å². The first kappa shape index (κ1) is 14.8. The van der Waals surface area contributed by atoms with Gasteiger partial charge in [-0.1, -0.05) is 24.5 Å². The summed E-state index contributed by atoms with van der Waals surface area (Å²) in [4.78, 5) is 0. The van der Waals surface area contributed by atoms with Gasteiger partial charge in [-0.2, -0.15) is 0 Å². The molecule has 0 radical (unpaired) electrons. The van der Waals surface area contributed by atoms with Crippen molar-refractivity contribution in [1.82, 2.24) is 0 Å². The number of terminal acetylenes is 1. The van der Waals surface area contributed by atoms with E-state index in [9.17, 15) is 10.2 Å². The van der Waals surface area contributed by atoms with Crippen LogP contribution < -0.4 is 0 Å². The third-order valence-corrected chi connectivity index (χ3v) is 7.82. The first-order chi connectivity index (χ1) is 10.5. The standard InChI is InChI=1S/C20H28O2/c1-3-20(22)11-9-18-17-6-4-13-12-14(21)5-7-15(13)16(17)8-10-19(18,20)2/h1,12,14-18,21-22H,4-11H2,2H3/t14-,15+,16-,17-,18-,19-,20+/m1/s1. The second-order valence-corrected chi connectivity index (χ2v) is 8.47. The van der Waals surface area contributed by atoms with Crippen molar-refractivity contribution in [2.75, 3.05) is 0 Å². The van der Waals surface area contributed by atoms with E-state index >= 15 is 0 Å². The number of rotatable bonds is 0. The number of allylic oxidation sites excluding steroid dienone is 1. The van der Waals surface area contributed by atoms with E-state index in [4.69, 9.17) is 6.42 Å². The Hall–Kier alpha value is -0.780. The lowest BCUT2D eigenvalue weighted by Gasteiger charge is -2.55. The third-order valence-electron chi connectivity index (χ3n) is 7.82. The van der Waals surface area contributed by atoms with Gasteiger partial charge in [0.2, 0.25) is 0 Å². The lowest BCUT2D eigenvalue weighted by molar-refractivity contribution is -0.0865. The Morgan fingerprint density at radius 1 is 1.14 bits per heavy atom. The molecule has 0 aromatic rings. The highest BCUT2D eigenvalue weighted by atomic mass is 16.3. The zero-order chi connectivity index (χ0) is 15.5. The average molecular weight is 300 g/mol. The lowest BCUT2D eigenvalue weighted by Crippen LogP contribution is -2.52. The number of aliphatic hydroxyl groups is 2. The molecule has 2 N–H and O–H groups in total. The zero-order valence-electron chi connectivity index (χ0n) is 13.6. The molecule has 4 aliphatic carbocycles. The van der Waals surface area contributed by atoms with Crippen LogP contribution in [0.1, 0.15) is 58.3 Å². The minimum absolute atomic E-state index is 0.0850. The van der Waals surface area contributed by atoms with Crippen LogP contribution in [0.4, 0.5) is 0 Å². The molecule has 0 spiro atoms. The molecule has 0 aliphatic heterocycles. The van der Waals surface area contributed by atoms with Gasteiger partial charge in [0.1, 0.15) is 5.60 Å². The van der Waals surface area contributed by atoms with E-state index in [0.717, 1.165) is 50.4 Å². The Labute approximate surface area is 134 Å². The third kappa shape index (κ3) is 1.82. The van der Waals surface area contributed by atoms with Gasteiger partial charge in [0.05, 0.1) is 6.10 Å². The molecule has 2 heteroatoms. The summed E-state index contributed by atoms with van der Waals surface area (Å²) in [5.74, 6) is 5.50. The molecule has 0 aromatic carbocycles. The average Bonchev–Trinajstić information content (AvgIpc) is 2.79. The van der Waals surface area contributed by atoms with E-state index in [0.29, 0.717) is 11.8 Å². The highest BCUT2D eigenvalue weighted by Gasteiger charge is 2.61. The van der Waals surface area contributed by atoms with Crippen LogP contribution in [0.3, 0.4) is 0 Å². The second kappa shape index (κ2) is 4.86. The SMILES string of the molecule is C#C[C@]1(O)CC[C@@H]2[C@@H]3CCC4=C[C@H](O)CC[C@@H]4[C@H]3CC[C@]21C. The van der Waals surface area contributed by atoms with Gasteiger partial charge < -0.3 is 10.2 Å². The summed E-state index contributed by atoms with van der Waals surface area (Å²) < 4.78 is 0. The Balaban J connectivity index is 1.64. The molecule has 22 heavy (non-hydrogen) atoms. The molecule has 2 nitrogen and oxygen atoms in total. The van der Waals surface area contributed by atoms with Gasteiger partial charge in [0, 0.05) is 5.41 Å². The fraction of sp³-hybridized carbons (Fsp3) is 0.800. The van der Waals surface area contributed by atoms with Crippen LogP contribution in [0.2, 0.25) is 0 Å². The van der Waals surface area contributed by atoms with Gasteiger partial charge in [-0.3, -0.25) is 0 Å². The quantitative estimate of drug-likeness (QED) is 0.532. The molecule has 0 saturated heterocycles. The van der Waals surface area contributed by atoms with Crippen LogP contribution in [0.15, 0.2) is 11.6 Å². The molecule has 4 rings (SSSR count). The highest BCUT2D eigenvalue weighted by molar-refractivity contribution is 5.25. The molecule has 0 bridgehead atoms. The van der Waals surface area contributed by atoms with Crippen molar-refractivity contribution in [1.29, 1.82) is 0 Å². The maximum Gasteiger partial charge on any atom is 0.130 e. The number of fused-ring (bicyclic) bond motifs is 5. The highest BCUT2D eigenvalue weighted by Crippen LogP contribution is 2.64. The van der Waals surface area contributed by atoms with E-state index in [1.54, 1.807) is 0 Å². The molecule has 3 fully saturated rings. The monoisotopic (exact) mass is 300 g/mol. The first-order valence-corrected chi connectivity index (χ1v) is 9.07. The van der Waals surface area contributed by atoms with Crippen molar-refractivity contribution in [2.24, 2.45) is 29.1 Å². The van der Waals surface area contributed by atoms with Crippen molar-refractivity contribution in [2.45, 2.75) is 70.0 Å². The second-order valence-electron chi connectivity index (χ2n) is 8.47. The Morgan fingerprint density at radius 3 is 2.73 bits per heavy atom. The van der Waals surface area contributed by atoms with Crippen LogP contribution in [0.5, 0.6) is 0 Å². The Morgan fingerprint density at radius 2 is 1.95 bits per heavy atom. The summed E-state index contributed by atoms with van der Waals surface area (Å²) in [5.41, 5.74) is 0.550. The molecule has 3 saturated carbocycles. The Kier molecular flexibility index (Phi) is 3.26. The summed E-state index contributed by atoms with van der Waals surface area (Å²) >= 11 is 0. The zero-order valence-corrected chi connectivity index (χ0v) is 13.6. The Bertz CT molecular complexity index is 544. The summed E-state index contributed by atoms with van der Waals surface area (Å²) in [6.45, 7) is 2.25. The van der Waals surface area contributed by atoms with Gasteiger partial charge >= 0.3 is 0 Å². The van der Waals surface area contributed by atoms with Crippen LogP contribution >= 0.6 is 0 Å². The fourth-order valence-corrected chi connectivity index (χ4v) is 6.57. The van der Waals surface area contributed by atoms with Crippen molar-refractivity contribution in [3.8, 4) is 12.3 Å². The first-order valence-electron chi connectivity index (χ1n) is 9.07. The predicted molar refractivity (Wildman–Crippen MR) is 86.9 cm³/mol. The van der Waals surface area contributed by atoms with E-state index < -0.39 is 5.60 Å². The molecular formula is C20H28O2. The van der Waals surface area contributed by atoms with Crippen molar-refractivity contribution in [3.05, 3.63) is 11.6 Å². The minimum atomic E-state index is -0.887. The fourth-order valence-electron chi connectivity index (χ4n) is 6.57. The molecule has 0 aromatic heterocycles. The predicted octanol–water partition coefficient (Wildman–Crippen LogP) is 3.28. The van der Waals surface area contributed by atoms with Gasteiger partial charge in [-0.15, -0.1) is 6.42 Å². The summed E-state index contributed by atoms with van der Waals surface area (Å²) in [6, 6.07) is 0. The van der Waals surface area contributed by atoms with Crippen molar-refractivity contribution in [3.63, 3.8) is 0 Å². The van der Waals surface area contributed by atoms with Crippen molar-refractivity contribution < 1.29 is 10.2 Å². The molecule has 120 valence electrons. The van der Waals surface area contributed by atoms with E-state index in [-0.39, 0.29) is 11.5 Å². The van der Waals surface area contributed by atoms with Crippen LogP contribution in [-0.4, -0.2) is 21.9 Å². The summed E-state index contributed by atoms with van der Waals surface area (Å²) in [5, 5.41) is 20.8. The maximum atomic E-state index is 10.9. The van der Waals surface area contributed by atoms with E-state index in [1.807, 2.05) is 0 Å². The van der Waals surface area contributed by atoms with E-state index in [1.165, 1.54) is 18.4 Å². The molecule has 4 aliphatic rings.